The van der Waals surface area contributed by atoms with Crippen LogP contribution in [0.5, 0.6) is 0 Å². The Morgan fingerprint density at radius 1 is 1.17 bits per heavy atom. The van der Waals surface area contributed by atoms with Gasteiger partial charge in [-0.05, 0) is 70.9 Å². The number of alkyl halides is 2. The molecule has 1 unspecified atom stereocenters. The van der Waals surface area contributed by atoms with Crippen LogP contribution in [0.1, 0.15) is 73.9 Å². The number of hydrogen-bond acceptors (Lipinski definition) is 5. The molecule has 2 aromatic carbocycles. The number of rotatable bonds is 8. The molecule has 11 heteroatoms. The number of piperidine rings is 1. The number of halogens is 5. The van der Waals surface area contributed by atoms with E-state index in [2.05, 4.69) is 26.2 Å². The van der Waals surface area contributed by atoms with Gasteiger partial charge in [0.2, 0.25) is 0 Å². The third-order valence-electron chi connectivity index (χ3n) is 7.12. The van der Waals surface area contributed by atoms with E-state index in [4.69, 9.17) is 4.74 Å². The summed E-state index contributed by atoms with van der Waals surface area (Å²) in [6, 6.07) is 8.65. The summed E-state index contributed by atoms with van der Waals surface area (Å²) in [7, 11) is 0. The number of esters is 1. The van der Waals surface area contributed by atoms with Gasteiger partial charge >= 0.3 is 5.97 Å². The van der Waals surface area contributed by atoms with Crippen molar-refractivity contribution in [2.75, 3.05) is 24.5 Å². The van der Waals surface area contributed by atoms with E-state index in [-0.39, 0.29) is 49.2 Å². The van der Waals surface area contributed by atoms with Crippen LogP contribution in [0.4, 0.5) is 23.4 Å². The maximum Gasteiger partial charge on any atom is 0.306 e. The maximum atomic E-state index is 14.8. The highest BCUT2D eigenvalue weighted by molar-refractivity contribution is 9.10. The molecule has 0 aliphatic carbocycles. The number of hydrogen-bond donors (Lipinski definition) is 1. The average molecular weight is 653 g/mol. The lowest BCUT2D eigenvalue weighted by atomic mass is 9.92. The molecule has 1 amide bonds. The smallest absolute Gasteiger partial charge is 0.306 e. The van der Waals surface area contributed by atoms with Gasteiger partial charge in [0.1, 0.15) is 23.1 Å². The maximum absolute atomic E-state index is 14.8. The number of nitrogens with zero attached hydrogens (tertiary/aromatic N) is 2. The summed E-state index contributed by atoms with van der Waals surface area (Å²) in [6.07, 6.45) is -0.0406. The molecule has 0 radical (unpaired) electrons. The molecule has 2 heterocycles. The van der Waals surface area contributed by atoms with Crippen LogP contribution < -0.4 is 10.2 Å². The van der Waals surface area contributed by atoms with E-state index in [1.54, 1.807) is 45.9 Å². The van der Waals surface area contributed by atoms with Gasteiger partial charge in [-0.15, -0.1) is 0 Å². The molecule has 0 saturated carbocycles. The number of pyridine rings is 1. The number of aromatic nitrogens is 1. The van der Waals surface area contributed by atoms with Gasteiger partial charge in [0.15, 0.2) is 0 Å². The van der Waals surface area contributed by atoms with Crippen molar-refractivity contribution in [2.45, 2.75) is 70.8 Å². The van der Waals surface area contributed by atoms with E-state index in [0.717, 1.165) is 12.1 Å². The number of carbonyl (C=O) groups excluding carboxylic acids is 2. The molecule has 1 saturated heterocycles. The van der Waals surface area contributed by atoms with E-state index in [0.29, 0.717) is 27.5 Å². The third-order valence-corrected chi connectivity index (χ3v) is 7.61. The fraction of sp³-hybridized carbons (Fsp3) is 0.452. The van der Waals surface area contributed by atoms with Crippen LogP contribution in [0.3, 0.4) is 0 Å². The molecule has 1 fully saturated rings. The Balaban J connectivity index is 1.67. The Hall–Kier alpha value is -3.21. The zero-order valence-corrected chi connectivity index (χ0v) is 25.6. The topological polar surface area (TPSA) is 71.5 Å². The van der Waals surface area contributed by atoms with Crippen molar-refractivity contribution in [3.8, 4) is 0 Å². The molecule has 0 bridgehead atoms. The zero-order chi connectivity index (χ0) is 30.8. The van der Waals surface area contributed by atoms with Crippen molar-refractivity contribution in [1.82, 2.24) is 10.3 Å². The SMILES string of the molecule is Cc1c(N2CCCC(F)(F)C2)nc2ccc(Br)cc2c1C(=O)NCC(CCC(=O)OC(C)(C)C)c1c(F)cccc1F. The number of amides is 1. The summed E-state index contributed by atoms with van der Waals surface area (Å²) < 4.78 is 64.3. The summed E-state index contributed by atoms with van der Waals surface area (Å²) in [6.45, 7) is 6.48. The molecule has 1 N–H and O–H groups in total. The molecule has 1 aliphatic heterocycles. The van der Waals surface area contributed by atoms with Crippen molar-refractivity contribution >= 4 is 44.5 Å². The number of carbonyl (C=O) groups is 2. The van der Waals surface area contributed by atoms with Gasteiger partial charge in [-0.2, -0.15) is 0 Å². The van der Waals surface area contributed by atoms with Gasteiger partial charge < -0.3 is 15.0 Å². The summed E-state index contributed by atoms with van der Waals surface area (Å²) in [5, 5.41) is 3.28. The Morgan fingerprint density at radius 3 is 2.50 bits per heavy atom. The molecule has 0 spiro atoms. The summed E-state index contributed by atoms with van der Waals surface area (Å²) in [5.74, 6) is -6.14. The van der Waals surface area contributed by atoms with Gasteiger partial charge in [-0.1, -0.05) is 22.0 Å². The average Bonchev–Trinajstić information content (AvgIpc) is 2.87. The molecule has 3 aromatic rings. The second kappa shape index (κ2) is 12.6. The predicted octanol–water partition coefficient (Wildman–Crippen LogP) is 7.45. The lowest BCUT2D eigenvalue weighted by Gasteiger charge is -2.34. The molecule has 226 valence electrons. The van der Waals surface area contributed by atoms with Crippen LogP contribution in [-0.4, -0.2) is 48.0 Å². The van der Waals surface area contributed by atoms with Crippen molar-refractivity contribution in [3.05, 3.63) is 69.2 Å². The Bertz CT molecular complexity index is 1470. The zero-order valence-electron chi connectivity index (χ0n) is 24.0. The quantitative estimate of drug-likeness (QED) is 0.202. The lowest BCUT2D eigenvalue weighted by Crippen LogP contribution is -2.43. The normalized spacial score (nSPS) is 15.9. The number of anilines is 1. The monoisotopic (exact) mass is 651 g/mol. The van der Waals surface area contributed by atoms with Crippen LogP contribution in [0.15, 0.2) is 40.9 Å². The van der Waals surface area contributed by atoms with Crippen LogP contribution in [0.25, 0.3) is 10.9 Å². The molecule has 1 aliphatic rings. The van der Waals surface area contributed by atoms with Crippen molar-refractivity contribution in [1.29, 1.82) is 0 Å². The molecular formula is C31H34BrF4N3O3. The van der Waals surface area contributed by atoms with Crippen LogP contribution in [0, 0.1) is 18.6 Å². The van der Waals surface area contributed by atoms with Crippen LogP contribution in [-0.2, 0) is 9.53 Å². The summed E-state index contributed by atoms with van der Waals surface area (Å²) >= 11 is 3.42. The lowest BCUT2D eigenvalue weighted by molar-refractivity contribution is -0.155. The Morgan fingerprint density at radius 2 is 1.86 bits per heavy atom. The Labute approximate surface area is 250 Å². The van der Waals surface area contributed by atoms with Crippen molar-refractivity contribution < 1.29 is 31.9 Å². The van der Waals surface area contributed by atoms with E-state index >= 15 is 0 Å². The second-order valence-corrected chi connectivity index (χ2v) is 12.6. The number of ether oxygens (including phenoxy) is 1. The largest absolute Gasteiger partial charge is 0.460 e. The van der Waals surface area contributed by atoms with E-state index in [1.165, 1.54) is 11.0 Å². The highest BCUT2D eigenvalue weighted by Crippen LogP contribution is 2.35. The minimum absolute atomic E-state index is 0.0166. The third kappa shape index (κ3) is 7.59. The predicted molar refractivity (Wildman–Crippen MR) is 157 cm³/mol. The summed E-state index contributed by atoms with van der Waals surface area (Å²) in [5.41, 5.74) is 0.119. The first kappa shape index (κ1) is 31.7. The highest BCUT2D eigenvalue weighted by atomic mass is 79.9. The van der Waals surface area contributed by atoms with Gasteiger partial charge in [0, 0.05) is 52.8 Å². The standard InChI is InChI=1S/C31H34BrF4N3O3/c1-18-26(21-15-20(32)10-11-24(21)38-28(18)39-14-6-13-31(35,36)17-39)29(41)37-16-19(9-12-25(40)42-30(2,3)4)27-22(33)7-5-8-23(27)34/h5,7-8,10-11,15,19H,6,9,12-14,16-17H2,1-4H3,(H,37,41). The van der Waals surface area contributed by atoms with Gasteiger partial charge in [0.25, 0.3) is 11.8 Å². The van der Waals surface area contributed by atoms with Gasteiger partial charge in [-0.25, -0.2) is 22.5 Å². The summed E-state index contributed by atoms with van der Waals surface area (Å²) in [4.78, 5) is 32.3. The van der Waals surface area contributed by atoms with Crippen molar-refractivity contribution in [2.24, 2.45) is 0 Å². The first-order chi connectivity index (χ1) is 19.6. The highest BCUT2D eigenvalue weighted by Gasteiger charge is 2.37. The van der Waals surface area contributed by atoms with E-state index in [1.807, 2.05) is 0 Å². The Kier molecular flexibility index (Phi) is 9.49. The molecule has 42 heavy (non-hydrogen) atoms. The first-order valence-electron chi connectivity index (χ1n) is 13.8. The number of nitrogens with one attached hydrogen (secondary N) is 1. The van der Waals surface area contributed by atoms with E-state index in [9.17, 15) is 27.2 Å². The van der Waals surface area contributed by atoms with Crippen LogP contribution >= 0.6 is 15.9 Å². The molecular weight excluding hydrogens is 618 g/mol. The van der Waals surface area contributed by atoms with Crippen LogP contribution in [0.2, 0.25) is 0 Å². The molecule has 4 rings (SSSR count). The van der Waals surface area contributed by atoms with E-state index < -0.39 is 47.5 Å². The van der Waals surface area contributed by atoms with Crippen molar-refractivity contribution in [3.63, 3.8) is 0 Å². The fourth-order valence-electron chi connectivity index (χ4n) is 5.30. The molecule has 1 aromatic heterocycles. The second-order valence-electron chi connectivity index (χ2n) is 11.6. The van der Waals surface area contributed by atoms with Gasteiger partial charge in [-0.3, -0.25) is 9.59 Å². The minimum Gasteiger partial charge on any atom is -0.460 e. The molecule has 6 nitrogen and oxygen atoms in total. The fourth-order valence-corrected chi connectivity index (χ4v) is 5.66. The molecule has 1 atom stereocenters. The number of fused-ring (bicyclic) bond motifs is 1. The first-order valence-corrected chi connectivity index (χ1v) is 14.6. The van der Waals surface area contributed by atoms with Gasteiger partial charge in [0.05, 0.1) is 17.6 Å². The minimum atomic E-state index is -2.88. The number of benzene rings is 2.